The lowest BCUT2D eigenvalue weighted by Crippen LogP contribution is -2.03. The Kier molecular flexibility index (Phi) is 5.69. The molecule has 0 amide bonds. The SMILES string of the molecule is CCc1nn(C)c(COc2ccc(Br)c(CBr)c2)c1Br. The fraction of sp³-hybridized carbons (Fsp3) is 0.357. The number of halogens is 3. The molecule has 1 heterocycles. The maximum Gasteiger partial charge on any atom is 0.131 e. The van der Waals surface area contributed by atoms with Crippen molar-refractivity contribution in [3.05, 3.63) is 44.1 Å². The van der Waals surface area contributed by atoms with Gasteiger partial charge < -0.3 is 4.74 Å². The van der Waals surface area contributed by atoms with Crippen LogP contribution in [0, 0.1) is 0 Å². The molecule has 0 aliphatic rings. The van der Waals surface area contributed by atoms with E-state index in [1.807, 2.05) is 29.9 Å². The van der Waals surface area contributed by atoms with Crippen LogP contribution >= 0.6 is 47.8 Å². The molecule has 0 bridgehead atoms. The van der Waals surface area contributed by atoms with Gasteiger partial charge in [0, 0.05) is 16.9 Å². The standard InChI is InChI=1S/C14H15Br3N2O/c1-3-12-14(17)13(19(2)18-12)8-20-10-4-5-11(16)9(6-10)7-15/h4-6H,3,7-8H2,1-2H3. The van der Waals surface area contributed by atoms with Crippen molar-refractivity contribution >= 4 is 47.8 Å². The third-order valence-electron chi connectivity index (χ3n) is 3.04. The van der Waals surface area contributed by atoms with E-state index in [1.54, 1.807) is 0 Å². The van der Waals surface area contributed by atoms with E-state index in [1.165, 1.54) is 5.56 Å². The summed E-state index contributed by atoms with van der Waals surface area (Å²) in [7, 11) is 1.94. The summed E-state index contributed by atoms with van der Waals surface area (Å²) < 4.78 is 9.87. The van der Waals surface area contributed by atoms with E-state index in [4.69, 9.17) is 4.74 Å². The quantitative estimate of drug-likeness (QED) is 0.581. The molecule has 0 aliphatic carbocycles. The number of ether oxygens (including phenoxy) is 1. The summed E-state index contributed by atoms with van der Waals surface area (Å²) in [6.07, 6.45) is 0.903. The first-order valence-corrected chi connectivity index (χ1v) is 8.95. The van der Waals surface area contributed by atoms with Crippen LogP contribution in [0.25, 0.3) is 0 Å². The molecule has 0 saturated carbocycles. The zero-order chi connectivity index (χ0) is 14.7. The van der Waals surface area contributed by atoms with Gasteiger partial charge in [-0.05, 0) is 46.1 Å². The van der Waals surface area contributed by atoms with Crippen molar-refractivity contribution in [2.24, 2.45) is 7.05 Å². The highest BCUT2D eigenvalue weighted by molar-refractivity contribution is 9.11. The zero-order valence-corrected chi connectivity index (χ0v) is 16.0. The summed E-state index contributed by atoms with van der Waals surface area (Å²) in [6.45, 7) is 2.59. The second-order valence-electron chi connectivity index (χ2n) is 4.36. The van der Waals surface area contributed by atoms with E-state index in [0.29, 0.717) is 6.61 Å². The highest BCUT2D eigenvalue weighted by Gasteiger charge is 2.13. The van der Waals surface area contributed by atoms with E-state index in [9.17, 15) is 0 Å². The molecule has 2 aromatic rings. The predicted molar refractivity (Wildman–Crippen MR) is 91.4 cm³/mol. The third-order valence-corrected chi connectivity index (χ3v) is 5.33. The van der Waals surface area contributed by atoms with Gasteiger partial charge in [0.2, 0.25) is 0 Å². The minimum Gasteiger partial charge on any atom is -0.487 e. The highest BCUT2D eigenvalue weighted by atomic mass is 79.9. The first-order chi connectivity index (χ1) is 9.56. The molecule has 0 aliphatic heterocycles. The Morgan fingerprint density at radius 2 is 2.05 bits per heavy atom. The van der Waals surface area contributed by atoms with Gasteiger partial charge in [-0.25, -0.2) is 0 Å². The van der Waals surface area contributed by atoms with E-state index in [-0.39, 0.29) is 0 Å². The molecule has 0 spiro atoms. The summed E-state index contributed by atoms with van der Waals surface area (Å²) >= 11 is 10.6. The molecule has 108 valence electrons. The molecule has 0 saturated heterocycles. The number of nitrogens with zero attached hydrogens (tertiary/aromatic N) is 2. The molecule has 0 radical (unpaired) electrons. The first kappa shape index (κ1) is 16.0. The van der Waals surface area contributed by atoms with Crippen LogP contribution in [-0.2, 0) is 25.4 Å². The van der Waals surface area contributed by atoms with Gasteiger partial charge in [0.25, 0.3) is 0 Å². The zero-order valence-electron chi connectivity index (χ0n) is 11.3. The second-order valence-corrected chi connectivity index (χ2v) is 6.57. The van der Waals surface area contributed by atoms with Crippen LogP contribution in [0.3, 0.4) is 0 Å². The number of hydrogen-bond donors (Lipinski definition) is 0. The van der Waals surface area contributed by atoms with Crippen LogP contribution < -0.4 is 4.74 Å². The van der Waals surface area contributed by atoms with Gasteiger partial charge in [-0.1, -0.05) is 38.8 Å². The maximum absolute atomic E-state index is 5.88. The van der Waals surface area contributed by atoms with Crippen LogP contribution in [0.5, 0.6) is 5.75 Å². The van der Waals surface area contributed by atoms with Crippen molar-refractivity contribution in [1.29, 1.82) is 0 Å². The Hall–Kier alpha value is -0.330. The Bertz CT molecular complexity index is 611. The van der Waals surface area contributed by atoms with Gasteiger partial charge in [0.1, 0.15) is 12.4 Å². The lowest BCUT2D eigenvalue weighted by atomic mass is 10.2. The molecule has 1 aromatic carbocycles. The summed E-state index contributed by atoms with van der Waals surface area (Å²) in [4.78, 5) is 0. The molecule has 0 atom stereocenters. The molecule has 2 rings (SSSR count). The smallest absolute Gasteiger partial charge is 0.131 e. The number of benzene rings is 1. The Labute approximate surface area is 144 Å². The minimum atomic E-state index is 0.493. The van der Waals surface area contributed by atoms with E-state index < -0.39 is 0 Å². The number of alkyl halides is 1. The molecule has 0 fully saturated rings. The lowest BCUT2D eigenvalue weighted by molar-refractivity contribution is 0.294. The van der Waals surface area contributed by atoms with Gasteiger partial charge in [-0.15, -0.1) is 0 Å². The van der Waals surface area contributed by atoms with Gasteiger partial charge in [-0.3, -0.25) is 4.68 Å². The molecular weight excluding hydrogens is 452 g/mol. The molecule has 3 nitrogen and oxygen atoms in total. The van der Waals surface area contributed by atoms with Crippen molar-refractivity contribution in [3.63, 3.8) is 0 Å². The molecular formula is C14H15Br3N2O. The lowest BCUT2D eigenvalue weighted by Gasteiger charge is -2.09. The highest BCUT2D eigenvalue weighted by Crippen LogP contribution is 2.27. The van der Waals surface area contributed by atoms with Gasteiger partial charge in [0.15, 0.2) is 0 Å². The largest absolute Gasteiger partial charge is 0.487 e. The van der Waals surface area contributed by atoms with Crippen molar-refractivity contribution in [2.45, 2.75) is 25.3 Å². The number of aryl methyl sites for hydroxylation is 2. The summed E-state index contributed by atoms with van der Waals surface area (Å²) in [5.74, 6) is 0.855. The fourth-order valence-electron chi connectivity index (χ4n) is 1.87. The monoisotopic (exact) mass is 464 g/mol. The number of hydrogen-bond acceptors (Lipinski definition) is 2. The Morgan fingerprint density at radius 3 is 2.65 bits per heavy atom. The molecule has 1 aromatic heterocycles. The van der Waals surface area contributed by atoms with Crippen molar-refractivity contribution in [2.75, 3.05) is 0 Å². The van der Waals surface area contributed by atoms with Crippen molar-refractivity contribution in [3.8, 4) is 5.75 Å². The van der Waals surface area contributed by atoms with Crippen LogP contribution in [0.2, 0.25) is 0 Å². The third kappa shape index (κ3) is 3.46. The average Bonchev–Trinajstić information content (AvgIpc) is 2.72. The topological polar surface area (TPSA) is 27.1 Å². The van der Waals surface area contributed by atoms with E-state index >= 15 is 0 Å². The van der Waals surface area contributed by atoms with Crippen LogP contribution in [0.15, 0.2) is 27.1 Å². The van der Waals surface area contributed by atoms with Gasteiger partial charge in [-0.2, -0.15) is 5.10 Å². The Morgan fingerprint density at radius 1 is 1.30 bits per heavy atom. The molecule has 6 heteroatoms. The molecule has 20 heavy (non-hydrogen) atoms. The van der Waals surface area contributed by atoms with E-state index in [2.05, 4.69) is 59.8 Å². The molecule has 0 N–H and O–H groups in total. The van der Waals surface area contributed by atoms with Crippen LogP contribution in [0.1, 0.15) is 23.9 Å². The maximum atomic E-state index is 5.88. The minimum absolute atomic E-state index is 0.493. The number of aromatic nitrogens is 2. The predicted octanol–water partition coefficient (Wildman–Crippen LogP) is 4.98. The summed E-state index contributed by atoms with van der Waals surface area (Å²) in [6, 6.07) is 5.99. The van der Waals surface area contributed by atoms with Crippen molar-refractivity contribution in [1.82, 2.24) is 9.78 Å². The second kappa shape index (κ2) is 7.09. The normalized spacial score (nSPS) is 10.8. The molecule has 0 unspecified atom stereocenters. The summed E-state index contributed by atoms with van der Waals surface area (Å²) in [5.41, 5.74) is 3.27. The van der Waals surface area contributed by atoms with E-state index in [0.717, 1.165) is 37.8 Å². The van der Waals surface area contributed by atoms with Crippen molar-refractivity contribution < 1.29 is 4.74 Å². The van der Waals surface area contributed by atoms with Gasteiger partial charge >= 0.3 is 0 Å². The fourth-order valence-corrected chi connectivity index (χ4v) is 3.83. The van der Waals surface area contributed by atoms with Crippen LogP contribution in [-0.4, -0.2) is 9.78 Å². The van der Waals surface area contributed by atoms with Gasteiger partial charge in [0.05, 0.1) is 15.9 Å². The summed E-state index contributed by atoms with van der Waals surface area (Å²) in [5, 5.41) is 5.26. The van der Waals surface area contributed by atoms with Crippen LogP contribution in [0.4, 0.5) is 0 Å². The first-order valence-electron chi connectivity index (χ1n) is 6.24. The number of rotatable bonds is 5. The average molecular weight is 467 g/mol. The Balaban J connectivity index is 2.15.